The van der Waals surface area contributed by atoms with E-state index in [1.165, 1.54) is 14.0 Å². The first-order valence-corrected chi connectivity index (χ1v) is 12.1. The second-order valence-electron chi connectivity index (χ2n) is 8.97. The molecule has 0 saturated carbocycles. The van der Waals surface area contributed by atoms with Crippen LogP contribution < -0.4 is 20.5 Å². The number of ether oxygens (including phenoxy) is 3. The van der Waals surface area contributed by atoms with Crippen LogP contribution in [0.25, 0.3) is 22.3 Å². The number of hydrogen-bond donors (Lipinski definition) is 3. The van der Waals surface area contributed by atoms with E-state index in [0.29, 0.717) is 41.9 Å². The van der Waals surface area contributed by atoms with E-state index < -0.39 is 5.97 Å². The molecule has 0 atom stereocenters. The fourth-order valence-electron chi connectivity index (χ4n) is 4.44. The molecule has 41 heavy (non-hydrogen) atoms. The minimum atomic E-state index is -0.946. The molecule has 11 heteroatoms. The average Bonchev–Trinajstić information content (AvgIpc) is 2.95. The Labute approximate surface area is 235 Å². The molecule has 2 aliphatic rings. The lowest BCUT2D eigenvalue weighted by atomic mass is 9.96. The minimum Gasteiger partial charge on any atom is -0.487 e. The Hall–Kier alpha value is -5.45. The van der Waals surface area contributed by atoms with Gasteiger partial charge in [0.25, 0.3) is 0 Å². The predicted molar refractivity (Wildman–Crippen MR) is 152 cm³/mol. The van der Waals surface area contributed by atoms with Gasteiger partial charge in [-0.25, -0.2) is 19.6 Å². The maximum atomic E-state index is 11.6. The van der Waals surface area contributed by atoms with E-state index in [9.17, 15) is 14.4 Å². The highest BCUT2D eigenvalue weighted by Gasteiger charge is 2.21. The number of anilines is 2. The molecule has 210 valence electrons. The summed E-state index contributed by atoms with van der Waals surface area (Å²) in [6, 6.07) is 13.8. The highest BCUT2D eigenvalue weighted by atomic mass is 16.5. The Morgan fingerprint density at radius 2 is 1.41 bits per heavy atom. The largest absolute Gasteiger partial charge is 0.487 e. The van der Waals surface area contributed by atoms with Gasteiger partial charge in [-0.3, -0.25) is 4.79 Å². The van der Waals surface area contributed by atoms with Crippen LogP contribution in [0.15, 0.2) is 60.9 Å². The molecule has 0 fully saturated rings. The number of carbonyl (C=O) groups excluding carboxylic acids is 2. The number of rotatable bonds is 3. The second-order valence-corrected chi connectivity index (χ2v) is 8.97. The summed E-state index contributed by atoms with van der Waals surface area (Å²) < 4.78 is 15.9. The van der Waals surface area contributed by atoms with E-state index in [2.05, 4.69) is 15.3 Å². The minimum absolute atomic E-state index is 0. The molecule has 2 aromatic carbocycles. The van der Waals surface area contributed by atoms with Crippen LogP contribution in [-0.2, 0) is 22.7 Å². The summed E-state index contributed by atoms with van der Waals surface area (Å²) in [5.41, 5.74) is 11.7. The van der Waals surface area contributed by atoms with Crippen LogP contribution in [0.2, 0.25) is 0 Å². The van der Waals surface area contributed by atoms with Crippen molar-refractivity contribution in [2.24, 2.45) is 0 Å². The number of methoxy groups -OCH3 is 1. The van der Waals surface area contributed by atoms with Crippen molar-refractivity contribution in [2.45, 2.75) is 27.6 Å². The second kappa shape index (κ2) is 11.7. The summed E-state index contributed by atoms with van der Waals surface area (Å²) in [4.78, 5) is 41.8. The van der Waals surface area contributed by atoms with Gasteiger partial charge >= 0.3 is 11.9 Å². The van der Waals surface area contributed by atoms with Crippen LogP contribution in [-0.4, -0.2) is 40.0 Å². The molecular formula is C30H28N4O7. The zero-order chi connectivity index (χ0) is 28.4. The number of nitrogens with two attached hydrogens (primary N) is 1. The molecule has 2 aliphatic heterocycles. The van der Waals surface area contributed by atoms with Crippen molar-refractivity contribution in [1.82, 2.24) is 9.97 Å². The monoisotopic (exact) mass is 556 g/mol. The summed E-state index contributed by atoms with van der Waals surface area (Å²) in [6.45, 7) is 2.12. The van der Waals surface area contributed by atoms with Crippen molar-refractivity contribution in [1.29, 1.82) is 0 Å². The fourth-order valence-corrected chi connectivity index (χ4v) is 4.44. The first-order valence-electron chi connectivity index (χ1n) is 12.1. The number of amides is 1. The number of pyridine rings is 2. The van der Waals surface area contributed by atoms with Gasteiger partial charge in [0.2, 0.25) is 5.91 Å². The van der Waals surface area contributed by atoms with E-state index in [0.717, 1.165) is 33.4 Å². The number of aromatic carboxylic acids is 1. The topological polar surface area (TPSA) is 163 Å². The number of benzene rings is 2. The third kappa shape index (κ3) is 5.93. The number of nitrogen functional groups attached to an aromatic ring is 1. The molecular weight excluding hydrogens is 528 g/mol. The Bertz CT molecular complexity index is 1670. The summed E-state index contributed by atoms with van der Waals surface area (Å²) in [5, 5.41) is 11.6. The van der Waals surface area contributed by atoms with Gasteiger partial charge in [-0.1, -0.05) is 19.6 Å². The van der Waals surface area contributed by atoms with Crippen LogP contribution in [0.4, 0.5) is 11.6 Å². The van der Waals surface area contributed by atoms with Crippen LogP contribution in [0.5, 0.6) is 11.5 Å². The maximum absolute atomic E-state index is 11.6. The number of aromatic nitrogens is 2. The Kier molecular flexibility index (Phi) is 8.18. The standard InChI is InChI=1S/C16H14N2O4.C13H10N2O3.CH4/c1-9(19)18-15-6-13-12-4-3-10(16(20)21-2)5-11(12)8-22-14(13)7-17-15;14-12-4-10-9-2-1-7(13(16)17)3-8(9)6-18-11(10)5-15-12;/h3-7H,8H2,1-2H3,(H,17,18,19);1-5H,6H2,(H2,14,15)(H,16,17);1H4. The van der Waals surface area contributed by atoms with Gasteiger partial charge in [0.15, 0.2) is 0 Å². The molecule has 0 bridgehead atoms. The van der Waals surface area contributed by atoms with Gasteiger partial charge in [-0.15, -0.1) is 0 Å². The lowest BCUT2D eigenvalue weighted by Gasteiger charge is -2.21. The SMILES string of the molecule is C.COC(=O)c1ccc2c(c1)COc1cnc(NC(C)=O)cc1-2.Nc1cc2c(cn1)OCc1cc(C(=O)O)ccc1-2. The molecule has 2 aromatic heterocycles. The maximum Gasteiger partial charge on any atom is 0.337 e. The first-order chi connectivity index (χ1) is 19.2. The Morgan fingerprint density at radius 3 is 2.00 bits per heavy atom. The lowest BCUT2D eigenvalue weighted by Crippen LogP contribution is -2.11. The molecule has 0 aliphatic carbocycles. The van der Waals surface area contributed by atoms with Crippen LogP contribution in [0.3, 0.4) is 0 Å². The third-order valence-electron chi connectivity index (χ3n) is 6.29. The normalized spacial score (nSPS) is 11.7. The number of esters is 1. The average molecular weight is 557 g/mol. The number of nitrogens with zero attached hydrogens (tertiary/aromatic N) is 2. The van der Waals surface area contributed by atoms with Crippen molar-refractivity contribution in [3.05, 3.63) is 83.2 Å². The summed E-state index contributed by atoms with van der Waals surface area (Å²) in [7, 11) is 1.35. The highest BCUT2D eigenvalue weighted by molar-refractivity contribution is 5.92. The van der Waals surface area contributed by atoms with E-state index in [4.69, 9.17) is 25.1 Å². The molecule has 4 N–H and O–H groups in total. The number of fused-ring (bicyclic) bond motifs is 6. The quantitative estimate of drug-likeness (QED) is 0.294. The number of carbonyl (C=O) groups is 3. The highest BCUT2D eigenvalue weighted by Crippen LogP contribution is 2.39. The van der Waals surface area contributed by atoms with E-state index in [-0.39, 0.29) is 24.9 Å². The van der Waals surface area contributed by atoms with E-state index in [1.54, 1.807) is 54.9 Å². The molecule has 0 unspecified atom stereocenters. The molecule has 4 aromatic rings. The molecule has 0 saturated heterocycles. The zero-order valence-corrected chi connectivity index (χ0v) is 21.6. The summed E-state index contributed by atoms with van der Waals surface area (Å²) in [6.07, 6.45) is 3.16. The smallest absolute Gasteiger partial charge is 0.337 e. The van der Waals surface area contributed by atoms with Crippen molar-refractivity contribution in [3.8, 4) is 33.8 Å². The number of hydrogen-bond acceptors (Lipinski definition) is 9. The van der Waals surface area contributed by atoms with Crippen molar-refractivity contribution >= 4 is 29.5 Å². The van der Waals surface area contributed by atoms with Crippen LogP contribution in [0.1, 0.15) is 46.2 Å². The van der Waals surface area contributed by atoms with Crippen LogP contribution in [0, 0.1) is 0 Å². The Balaban J connectivity index is 0.000000188. The van der Waals surface area contributed by atoms with Crippen molar-refractivity contribution in [3.63, 3.8) is 0 Å². The van der Waals surface area contributed by atoms with Gasteiger partial charge in [0.05, 0.1) is 30.6 Å². The van der Waals surface area contributed by atoms with Gasteiger partial charge in [0.1, 0.15) is 36.3 Å². The predicted octanol–water partition coefficient (Wildman–Crippen LogP) is 4.94. The fraction of sp³-hybridized carbons (Fsp3) is 0.167. The van der Waals surface area contributed by atoms with Gasteiger partial charge in [0, 0.05) is 18.1 Å². The van der Waals surface area contributed by atoms with Crippen molar-refractivity contribution < 1.29 is 33.7 Å². The van der Waals surface area contributed by atoms with E-state index >= 15 is 0 Å². The van der Waals surface area contributed by atoms with Gasteiger partial charge in [-0.2, -0.15) is 0 Å². The molecule has 1 amide bonds. The summed E-state index contributed by atoms with van der Waals surface area (Å²) >= 11 is 0. The molecule has 0 radical (unpaired) electrons. The number of carboxylic acid groups (broad SMARTS) is 1. The number of carboxylic acids is 1. The third-order valence-corrected chi connectivity index (χ3v) is 6.29. The van der Waals surface area contributed by atoms with Gasteiger partial charge < -0.3 is 30.4 Å². The van der Waals surface area contributed by atoms with Crippen LogP contribution >= 0.6 is 0 Å². The summed E-state index contributed by atoms with van der Waals surface area (Å²) in [5.74, 6) is 0.657. The Morgan fingerprint density at radius 1 is 0.854 bits per heavy atom. The first kappa shape index (κ1) is 28.6. The number of nitrogens with one attached hydrogen (secondary N) is 1. The lowest BCUT2D eigenvalue weighted by molar-refractivity contribution is -0.114. The molecule has 4 heterocycles. The molecule has 6 rings (SSSR count). The van der Waals surface area contributed by atoms with E-state index in [1.807, 2.05) is 6.07 Å². The van der Waals surface area contributed by atoms with Crippen molar-refractivity contribution in [2.75, 3.05) is 18.2 Å². The zero-order valence-electron chi connectivity index (χ0n) is 21.6. The molecule has 0 spiro atoms. The van der Waals surface area contributed by atoms with Gasteiger partial charge in [-0.05, 0) is 58.7 Å². The molecule has 11 nitrogen and oxygen atoms in total.